The van der Waals surface area contributed by atoms with Gasteiger partial charge in [-0.25, -0.2) is 0 Å². The molecular formula is C10H11BrN2S. The Morgan fingerprint density at radius 2 is 2.21 bits per heavy atom. The van der Waals surface area contributed by atoms with Crippen LogP contribution in [-0.4, -0.2) is 18.0 Å². The molecular weight excluding hydrogens is 260 g/mol. The first-order valence-corrected chi connectivity index (χ1v) is 6.37. The summed E-state index contributed by atoms with van der Waals surface area (Å²) in [5.41, 5.74) is 0. The Hall–Kier alpha value is -0.370. The Morgan fingerprint density at radius 1 is 1.50 bits per heavy atom. The van der Waals surface area contributed by atoms with E-state index in [1.54, 1.807) is 11.3 Å². The molecule has 0 aliphatic carbocycles. The Bertz CT molecular complexity index is 349. The molecule has 74 valence electrons. The van der Waals surface area contributed by atoms with Crippen LogP contribution in [-0.2, 0) is 0 Å². The van der Waals surface area contributed by atoms with Crippen molar-refractivity contribution < 1.29 is 0 Å². The predicted octanol–water partition coefficient (Wildman–Crippen LogP) is 3.17. The molecule has 1 atom stereocenters. The van der Waals surface area contributed by atoms with Crippen molar-refractivity contribution >= 4 is 27.3 Å². The van der Waals surface area contributed by atoms with Crippen LogP contribution in [0.25, 0.3) is 0 Å². The van der Waals surface area contributed by atoms with Gasteiger partial charge >= 0.3 is 0 Å². The summed E-state index contributed by atoms with van der Waals surface area (Å²) in [6, 6.07) is 4.36. The molecule has 0 radical (unpaired) electrons. The highest BCUT2D eigenvalue weighted by Gasteiger charge is 2.25. The van der Waals surface area contributed by atoms with Crippen LogP contribution in [0.15, 0.2) is 15.9 Å². The van der Waals surface area contributed by atoms with Crippen LogP contribution in [0.5, 0.6) is 0 Å². The van der Waals surface area contributed by atoms with Gasteiger partial charge in [-0.2, -0.15) is 5.26 Å². The van der Waals surface area contributed by atoms with Gasteiger partial charge in [0.15, 0.2) is 0 Å². The maximum atomic E-state index is 9.18. The monoisotopic (exact) mass is 270 g/mol. The summed E-state index contributed by atoms with van der Waals surface area (Å²) < 4.78 is 1.07. The molecule has 0 bridgehead atoms. The van der Waals surface area contributed by atoms with Gasteiger partial charge in [-0.3, -0.25) is 4.90 Å². The molecule has 1 aromatic heterocycles. The normalized spacial score (nSPS) is 19.4. The molecule has 0 saturated carbocycles. The van der Waals surface area contributed by atoms with Crippen molar-refractivity contribution in [3.63, 3.8) is 0 Å². The first-order chi connectivity index (χ1) is 6.83. The number of hydrogen-bond acceptors (Lipinski definition) is 3. The number of nitriles is 1. The van der Waals surface area contributed by atoms with E-state index in [1.165, 1.54) is 12.8 Å². The summed E-state index contributed by atoms with van der Waals surface area (Å²) in [4.78, 5) is 3.41. The molecule has 0 aromatic carbocycles. The molecule has 0 N–H and O–H groups in total. The van der Waals surface area contributed by atoms with E-state index < -0.39 is 0 Å². The second kappa shape index (κ2) is 4.43. The average Bonchev–Trinajstić information content (AvgIpc) is 2.80. The number of nitrogens with zero attached hydrogens (tertiary/aromatic N) is 2. The molecule has 1 aromatic rings. The molecule has 1 aliphatic rings. The summed E-state index contributed by atoms with van der Waals surface area (Å²) in [6.07, 6.45) is 2.45. The zero-order chi connectivity index (χ0) is 9.97. The van der Waals surface area contributed by atoms with Crippen LogP contribution < -0.4 is 0 Å². The fraction of sp³-hybridized carbons (Fsp3) is 0.500. The Labute approximate surface area is 96.3 Å². The van der Waals surface area contributed by atoms with Crippen LogP contribution >= 0.6 is 27.3 Å². The van der Waals surface area contributed by atoms with Crippen molar-refractivity contribution in [3.8, 4) is 6.07 Å². The van der Waals surface area contributed by atoms with E-state index in [-0.39, 0.29) is 6.04 Å². The lowest BCUT2D eigenvalue weighted by atomic mass is 10.2. The number of likely N-dealkylation sites (tertiary alicyclic amines) is 1. The Morgan fingerprint density at radius 3 is 2.71 bits per heavy atom. The van der Waals surface area contributed by atoms with Crippen molar-refractivity contribution in [1.82, 2.24) is 4.90 Å². The smallest absolute Gasteiger partial charge is 0.134 e. The minimum absolute atomic E-state index is 0.0492. The average molecular weight is 271 g/mol. The van der Waals surface area contributed by atoms with Gasteiger partial charge in [-0.05, 0) is 53.3 Å². The molecule has 0 amide bonds. The third-order valence-electron chi connectivity index (χ3n) is 2.52. The highest BCUT2D eigenvalue weighted by Crippen LogP contribution is 2.33. The molecule has 1 fully saturated rings. The Balaban J connectivity index is 2.22. The molecule has 14 heavy (non-hydrogen) atoms. The standard InChI is InChI=1S/C10H11BrN2S/c11-8-3-6-14-10(8)9(7-12)13-4-1-2-5-13/h3,6,9H,1-2,4-5H2. The van der Waals surface area contributed by atoms with Gasteiger partial charge in [0, 0.05) is 4.47 Å². The maximum Gasteiger partial charge on any atom is 0.134 e. The minimum atomic E-state index is -0.0492. The summed E-state index contributed by atoms with van der Waals surface area (Å²) in [6.45, 7) is 2.12. The van der Waals surface area contributed by atoms with Gasteiger partial charge in [0.2, 0.25) is 0 Å². The molecule has 2 nitrogen and oxygen atoms in total. The van der Waals surface area contributed by atoms with E-state index in [2.05, 4.69) is 26.9 Å². The molecule has 4 heteroatoms. The van der Waals surface area contributed by atoms with Gasteiger partial charge in [0.25, 0.3) is 0 Å². The van der Waals surface area contributed by atoms with Crippen molar-refractivity contribution in [2.24, 2.45) is 0 Å². The molecule has 1 aliphatic heterocycles. The summed E-state index contributed by atoms with van der Waals surface area (Å²) in [5.74, 6) is 0. The fourth-order valence-electron chi connectivity index (χ4n) is 1.81. The number of hydrogen-bond donors (Lipinski definition) is 0. The van der Waals surface area contributed by atoms with E-state index in [4.69, 9.17) is 0 Å². The molecule has 2 rings (SSSR count). The van der Waals surface area contributed by atoms with Crippen LogP contribution in [0.1, 0.15) is 23.8 Å². The number of rotatable bonds is 2. The summed E-state index contributed by atoms with van der Waals surface area (Å²) >= 11 is 5.15. The second-order valence-corrected chi connectivity index (χ2v) is 5.21. The van der Waals surface area contributed by atoms with Gasteiger partial charge in [0.1, 0.15) is 6.04 Å². The third kappa shape index (κ3) is 1.85. The first-order valence-electron chi connectivity index (χ1n) is 4.69. The van der Waals surface area contributed by atoms with E-state index in [0.29, 0.717) is 0 Å². The maximum absolute atomic E-state index is 9.18. The third-order valence-corrected chi connectivity index (χ3v) is 4.44. The van der Waals surface area contributed by atoms with Gasteiger partial charge in [-0.1, -0.05) is 0 Å². The molecule has 2 heterocycles. The van der Waals surface area contributed by atoms with E-state index in [1.807, 2.05) is 11.4 Å². The first kappa shape index (κ1) is 10.2. The molecule has 1 unspecified atom stereocenters. The number of thiophene rings is 1. The van der Waals surface area contributed by atoms with Crippen LogP contribution in [0.4, 0.5) is 0 Å². The lowest BCUT2D eigenvalue weighted by molar-refractivity contribution is 0.297. The highest BCUT2D eigenvalue weighted by molar-refractivity contribution is 9.10. The zero-order valence-electron chi connectivity index (χ0n) is 7.74. The van der Waals surface area contributed by atoms with Gasteiger partial charge in [-0.15, -0.1) is 11.3 Å². The van der Waals surface area contributed by atoms with Gasteiger partial charge in [0.05, 0.1) is 10.9 Å². The van der Waals surface area contributed by atoms with Gasteiger partial charge < -0.3 is 0 Å². The van der Waals surface area contributed by atoms with E-state index in [0.717, 1.165) is 22.4 Å². The number of halogens is 1. The van der Waals surface area contributed by atoms with Crippen LogP contribution in [0, 0.1) is 11.3 Å². The van der Waals surface area contributed by atoms with Crippen molar-refractivity contribution in [2.45, 2.75) is 18.9 Å². The predicted molar refractivity (Wildman–Crippen MR) is 61.2 cm³/mol. The van der Waals surface area contributed by atoms with Crippen LogP contribution in [0.3, 0.4) is 0 Å². The lowest BCUT2D eigenvalue weighted by Gasteiger charge is -2.20. The quantitative estimate of drug-likeness (QED) is 0.826. The Kier molecular flexibility index (Phi) is 3.22. The van der Waals surface area contributed by atoms with Crippen LogP contribution in [0.2, 0.25) is 0 Å². The molecule has 1 saturated heterocycles. The van der Waals surface area contributed by atoms with Crippen molar-refractivity contribution in [2.75, 3.05) is 13.1 Å². The summed E-state index contributed by atoms with van der Waals surface area (Å²) in [7, 11) is 0. The zero-order valence-corrected chi connectivity index (χ0v) is 10.1. The van der Waals surface area contributed by atoms with E-state index >= 15 is 0 Å². The largest absolute Gasteiger partial charge is 0.284 e. The molecule has 0 spiro atoms. The minimum Gasteiger partial charge on any atom is -0.284 e. The lowest BCUT2D eigenvalue weighted by Crippen LogP contribution is -2.23. The summed E-state index contributed by atoms with van der Waals surface area (Å²) in [5, 5.41) is 11.2. The van der Waals surface area contributed by atoms with E-state index in [9.17, 15) is 5.26 Å². The second-order valence-electron chi connectivity index (χ2n) is 3.41. The highest BCUT2D eigenvalue weighted by atomic mass is 79.9. The van der Waals surface area contributed by atoms with Crippen molar-refractivity contribution in [3.05, 3.63) is 20.8 Å². The topological polar surface area (TPSA) is 27.0 Å². The van der Waals surface area contributed by atoms with Crippen molar-refractivity contribution in [1.29, 1.82) is 5.26 Å². The fourth-order valence-corrected chi connectivity index (χ4v) is 3.47. The SMILES string of the molecule is N#CC(c1sccc1Br)N1CCCC1.